The fourth-order valence-corrected chi connectivity index (χ4v) is 5.65. The van der Waals surface area contributed by atoms with E-state index in [9.17, 15) is 13.2 Å². The first kappa shape index (κ1) is 24.4. The van der Waals surface area contributed by atoms with Gasteiger partial charge in [0.1, 0.15) is 5.75 Å². The third kappa shape index (κ3) is 5.19. The second-order valence-corrected chi connectivity index (χ2v) is 11.7. The van der Waals surface area contributed by atoms with Gasteiger partial charge in [-0.3, -0.25) is 4.79 Å². The topological polar surface area (TPSA) is 88.7 Å². The van der Waals surface area contributed by atoms with Gasteiger partial charge in [-0.15, -0.1) is 0 Å². The first-order valence-electron chi connectivity index (χ1n) is 11.5. The number of fused-ring (bicyclic) bond motifs is 1. The molecule has 8 heteroatoms. The Labute approximate surface area is 200 Å². The molecule has 0 spiro atoms. The molecule has 2 aromatic carbocycles. The summed E-state index contributed by atoms with van der Waals surface area (Å²) < 4.78 is 39.8. The third-order valence-corrected chi connectivity index (χ3v) is 8.09. The van der Waals surface area contributed by atoms with Crippen molar-refractivity contribution in [3.63, 3.8) is 0 Å². The molecule has 0 radical (unpaired) electrons. The molecule has 1 aromatic heterocycles. The molecular weight excluding hydrogens is 452 g/mol. The van der Waals surface area contributed by atoms with Crippen molar-refractivity contribution >= 4 is 20.9 Å². The van der Waals surface area contributed by atoms with E-state index >= 15 is 0 Å². The molecule has 1 atom stereocenters. The highest BCUT2D eigenvalue weighted by atomic mass is 32.2. The van der Waals surface area contributed by atoms with Gasteiger partial charge in [-0.05, 0) is 60.2 Å². The second kappa shape index (κ2) is 9.52. The third-order valence-electron chi connectivity index (χ3n) is 6.26. The lowest BCUT2D eigenvalue weighted by Crippen LogP contribution is -2.38. The van der Waals surface area contributed by atoms with E-state index < -0.39 is 10.0 Å². The molecule has 1 aliphatic heterocycles. The predicted molar refractivity (Wildman–Crippen MR) is 133 cm³/mol. The number of hydrogen-bond acceptors (Lipinski definition) is 5. The highest BCUT2D eigenvalue weighted by molar-refractivity contribution is 7.89. The van der Waals surface area contributed by atoms with E-state index in [1.807, 2.05) is 18.2 Å². The van der Waals surface area contributed by atoms with Crippen molar-refractivity contribution < 1.29 is 17.9 Å². The highest BCUT2D eigenvalue weighted by Gasteiger charge is 2.30. The van der Waals surface area contributed by atoms with Crippen LogP contribution in [0.3, 0.4) is 0 Å². The van der Waals surface area contributed by atoms with Crippen LogP contribution in [0.4, 0.5) is 0 Å². The molecule has 0 saturated carbocycles. The van der Waals surface area contributed by atoms with Crippen molar-refractivity contribution in [2.24, 2.45) is 0 Å². The van der Waals surface area contributed by atoms with Gasteiger partial charge >= 0.3 is 0 Å². The van der Waals surface area contributed by atoms with Gasteiger partial charge in [0.05, 0.1) is 18.1 Å². The molecule has 2 heterocycles. The molecular formula is C26H32N2O5S. The maximum absolute atomic E-state index is 13.7. The summed E-state index contributed by atoms with van der Waals surface area (Å²) in [6, 6.07) is 14.1. The molecule has 4 rings (SSSR count). The maximum atomic E-state index is 13.7. The van der Waals surface area contributed by atoms with Gasteiger partial charge in [0.15, 0.2) is 0 Å². The SMILES string of the molecule is COc1ccc2[nH]c(=O)c(CN(CC3CCCO3)S(=O)(=O)c3ccc(C(C)(C)C)cc3)cc2c1. The number of nitrogens with zero attached hydrogens (tertiary/aromatic N) is 1. The molecule has 182 valence electrons. The van der Waals surface area contributed by atoms with E-state index in [0.717, 1.165) is 23.8 Å². The van der Waals surface area contributed by atoms with Crippen LogP contribution >= 0.6 is 0 Å². The summed E-state index contributed by atoms with van der Waals surface area (Å²) in [5.41, 5.74) is 1.69. The predicted octanol–water partition coefficient (Wildman–Crippen LogP) is 4.20. The van der Waals surface area contributed by atoms with Crippen LogP contribution in [-0.2, 0) is 26.7 Å². The molecule has 1 aliphatic rings. The van der Waals surface area contributed by atoms with Gasteiger partial charge in [0, 0.05) is 36.2 Å². The van der Waals surface area contributed by atoms with Crippen LogP contribution in [0.15, 0.2) is 58.2 Å². The first-order valence-corrected chi connectivity index (χ1v) is 12.9. The van der Waals surface area contributed by atoms with Crippen LogP contribution in [0.1, 0.15) is 44.7 Å². The number of aromatic amines is 1. The van der Waals surface area contributed by atoms with Gasteiger partial charge in [-0.2, -0.15) is 4.31 Å². The summed E-state index contributed by atoms with van der Waals surface area (Å²) in [7, 11) is -2.28. The number of H-pyrrole nitrogens is 1. The summed E-state index contributed by atoms with van der Waals surface area (Å²) in [5.74, 6) is 0.660. The van der Waals surface area contributed by atoms with Gasteiger partial charge in [0.2, 0.25) is 10.0 Å². The van der Waals surface area contributed by atoms with E-state index in [2.05, 4.69) is 25.8 Å². The number of benzene rings is 2. The molecule has 0 aliphatic carbocycles. The van der Waals surface area contributed by atoms with Crippen LogP contribution in [-0.4, -0.2) is 44.1 Å². The number of aromatic nitrogens is 1. The Kier molecular flexibility index (Phi) is 6.85. The summed E-state index contributed by atoms with van der Waals surface area (Å²) in [5, 5.41) is 0.776. The van der Waals surface area contributed by atoms with Crippen LogP contribution in [0.25, 0.3) is 10.9 Å². The zero-order chi connectivity index (χ0) is 24.5. The van der Waals surface area contributed by atoms with Gasteiger partial charge < -0.3 is 14.5 Å². The standard InChI is InChI=1S/C26H32N2O5S/c1-26(2,3)20-7-10-23(11-8-20)34(30,31)28(17-22-6-5-13-33-22)16-19-14-18-15-21(32-4)9-12-24(18)27-25(19)29/h7-12,14-15,22H,5-6,13,16-17H2,1-4H3,(H,27,29). The van der Waals surface area contributed by atoms with Crippen molar-refractivity contribution in [2.45, 2.75) is 56.6 Å². The van der Waals surface area contributed by atoms with Crippen molar-refractivity contribution in [3.05, 3.63) is 70.0 Å². The average Bonchev–Trinajstić information content (AvgIpc) is 3.31. The number of methoxy groups -OCH3 is 1. The number of pyridine rings is 1. The Morgan fingerprint density at radius 3 is 2.47 bits per heavy atom. The quantitative estimate of drug-likeness (QED) is 0.543. The Morgan fingerprint density at radius 1 is 1.12 bits per heavy atom. The normalized spacial score (nSPS) is 16.9. The maximum Gasteiger partial charge on any atom is 0.252 e. The van der Waals surface area contributed by atoms with Gasteiger partial charge in [-0.25, -0.2) is 8.42 Å². The fraction of sp³-hybridized carbons (Fsp3) is 0.423. The molecule has 3 aromatic rings. The summed E-state index contributed by atoms with van der Waals surface area (Å²) >= 11 is 0. The van der Waals surface area contributed by atoms with Crippen molar-refractivity contribution in [1.82, 2.24) is 9.29 Å². The molecule has 0 bridgehead atoms. The fourth-order valence-electron chi connectivity index (χ4n) is 4.20. The Bertz CT molecular complexity index is 1320. The van der Waals surface area contributed by atoms with Crippen LogP contribution in [0.5, 0.6) is 5.75 Å². The average molecular weight is 485 g/mol. The zero-order valence-corrected chi connectivity index (χ0v) is 20.9. The van der Waals surface area contributed by atoms with Crippen molar-refractivity contribution in [2.75, 3.05) is 20.3 Å². The number of sulfonamides is 1. The molecule has 7 nitrogen and oxygen atoms in total. The van der Waals surface area contributed by atoms with Crippen molar-refractivity contribution in [1.29, 1.82) is 0 Å². The largest absolute Gasteiger partial charge is 0.497 e. The van der Waals surface area contributed by atoms with Gasteiger partial charge in [-0.1, -0.05) is 32.9 Å². The lowest BCUT2D eigenvalue weighted by Gasteiger charge is -2.25. The van der Waals surface area contributed by atoms with Crippen LogP contribution in [0, 0.1) is 0 Å². The van der Waals surface area contributed by atoms with E-state index in [4.69, 9.17) is 9.47 Å². The lowest BCUT2D eigenvalue weighted by atomic mass is 9.87. The molecule has 1 unspecified atom stereocenters. The molecule has 34 heavy (non-hydrogen) atoms. The second-order valence-electron chi connectivity index (χ2n) is 9.78. The van der Waals surface area contributed by atoms with E-state index in [0.29, 0.717) is 23.4 Å². The van der Waals surface area contributed by atoms with Crippen LogP contribution in [0.2, 0.25) is 0 Å². The van der Waals surface area contributed by atoms with Crippen LogP contribution < -0.4 is 10.3 Å². The monoisotopic (exact) mass is 484 g/mol. The minimum absolute atomic E-state index is 0.0499. The molecule has 1 N–H and O–H groups in total. The number of ether oxygens (including phenoxy) is 2. The number of hydrogen-bond donors (Lipinski definition) is 1. The van der Waals surface area contributed by atoms with E-state index in [1.54, 1.807) is 37.4 Å². The van der Waals surface area contributed by atoms with Crippen molar-refractivity contribution in [3.8, 4) is 5.75 Å². The molecule has 0 amide bonds. The Morgan fingerprint density at radius 2 is 1.85 bits per heavy atom. The highest BCUT2D eigenvalue weighted by Crippen LogP contribution is 2.27. The number of rotatable bonds is 7. The minimum atomic E-state index is -3.86. The zero-order valence-electron chi connectivity index (χ0n) is 20.1. The Hall–Kier alpha value is -2.68. The number of nitrogens with one attached hydrogen (secondary N) is 1. The summed E-state index contributed by atoms with van der Waals surface area (Å²) in [6.07, 6.45) is 1.50. The lowest BCUT2D eigenvalue weighted by molar-refractivity contribution is 0.0925. The summed E-state index contributed by atoms with van der Waals surface area (Å²) in [6.45, 7) is 7.02. The Balaban J connectivity index is 1.71. The summed E-state index contributed by atoms with van der Waals surface area (Å²) in [4.78, 5) is 15.9. The molecule has 1 saturated heterocycles. The first-order chi connectivity index (χ1) is 16.1. The smallest absolute Gasteiger partial charge is 0.252 e. The molecule has 1 fully saturated rings. The minimum Gasteiger partial charge on any atom is -0.497 e. The van der Waals surface area contributed by atoms with Gasteiger partial charge in [0.25, 0.3) is 5.56 Å². The van der Waals surface area contributed by atoms with E-state index in [1.165, 1.54) is 4.31 Å². The van der Waals surface area contributed by atoms with E-state index in [-0.39, 0.29) is 35.1 Å².